The van der Waals surface area contributed by atoms with E-state index in [1.807, 2.05) is 12.1 Å². The molecule has 2 aromatic heterocycles. The molecule has 1 aliphatic heterocycles. The molecule has 118 valence electrons. The molecule has 22 heavy (non-hydrogen) atoms. The summed E-state index contributed by atoms with van der Waals surface area (Å²) in [6, 6.07) is 3.91. The van der Waals surface area contributed by atoms with E-state index in [-0.39, 0.29) is 12.1 Å². The van der Waals surface area contributed by atoms with E-state index in [0.29, 0.717) is 25.6 Å². The van der Waals surface area contributed by atoms with Crippen LogP contribution >= 0.6 is 15.9 Å². The Morgan fingerprint density at radius 2 is 2.32 bits per heavy atom. The van der Waals surface area contributed by atoms with Crippen molar-refractivity contribution in [3.63, 3.8) is 0 Å². The maximum absolute atomic E-state index is 11.8. The van der Waals surface area contributed by atoms with E-state index in [9.17, 15) is 4.79 Å². The van der Waals surface area contributed by atoms with Crippen LogP contribution < -0.4 is 5.32 Å². The summed E-state index contributed by atoms with van der Waals surface area (Å²) >= 11 is 3.40. The van der Waals surface area contributed by atoms with Crippen molar-refractivity contribution >= 4 is 33.5 Å². The Balaban J connectivity index is 1.61. The summed E-state index contributed by atoms with van der Waals surface area (Å²) in [6.07, 6.45) is 1.47. The summed E-state index contributed by atoms with van der Waals surface area (Å²) in [5.41, 5.74) is 0.778. The van der Waals surface area contributed by atoms with Crippen LogP contribution in [0, 0.1) is 5.92 Å². The van der Waals surface area contributed by atoms with Gasteiger partial charge in [0.25, 0.3) is 0 Å². The number of carbonyl (C=O) groups is 1. The Labute approximate surface area is 136 Å². The molecule has 3 heterocycles. The van der Waals surface area contributed by atoms with Gasteiger partial charge in [0.1, 0.15) is 17.0 Å². The average Bonchev–Trinajstić information content (AvgIpc) is 3.04. The summed E-state index contributed by atoms with van der Waals surface area (Å²) in [7, 11) is 0. The van der Waals surface area contributed by atoms with Crippen molar-refractivity contribution in [1.82, 2.24) is 19.5 Å². The maximum Gasteiger partial charge on any atom is 0.410 e. The number of ether oxygens (including phenoxy) is 1. The molecule has 7 nitrogen and oxygen atoms in total. The second kappa shape index (κ2) is 6.12. The van der Waals surface area contributed by atoms with Crippen LogP contribution in [0.5, 0.6) is 0 Å². The first-order chi connectivity index (χ1) is 10.6. The molecular weight excluding hydrogens is 350 g/mol. The molecule has 0 radical (unpaired) electrons. The lowest BCUT2D eigenvalue weighted by Crippen LogP contribution is -2.40. The molecular formula is C14H18BrN5O2. The van der Waals surface area contributed by atoms with E-state index < -0.39 is 0 Å². The normalized spacial score (nSPS) is 18.3. The fourth-order valence-electron chi connectivity index (χ4n) is 2.52. The quantitative estimate of drug-likeness (QED) is 0.878. The average molecular weight is 368 g/mol. The number of hydrogen-bond acceptors (Lipinski definition) is 5. The van der Waals surface area contributed by atoms with Gasteiger partial charge in [-0.1, -0.05) is 13.8 Å². The Hall–Kier alpha value is -1.83. The number of imidazole rings is 1. The fraction of sp³-hybridized carbons (Fsp3) is 0.500. The number of halogens is 1. The van der Waals surface area contributed by atoms with Crippen molar-refractivity contribution in [1.29, 1.82) is 0 Å². The highest BCUT2D eigenvalue weighted by Crippen LogP contribution is 2.19. The number of hydrogen-bond donors (Lipinski definition) is 1. The largest absolute Gasteiger partial charge is 0.447 e. The molecule has 2 aromatic rings. The molecule has 8 heteroatoms. The predicted molar refractivity (Wildman–Crippen MR) is 85.9 cm³/mol. The van der Waals surface area contributed by atoms with E-state index in [1.54, 1.807) is 15.6 Å². The third-order valence-corrected chi connectivity index (χ3v) is 4.30. The second-order valence-corrected chi connectivity index (χ2v) is 6.39. The van der Waals surface area contributed by atoms with Crippen LogP contribution in [0.4, 0.5) is 10.6 Å². The summed E-state index contributed by atoms with van der Waals surface area (Å²) in [4.78, 5) is 17.7. The zero-order chi connectivity index (χ0) is 15.7. The van der Waals surface area contributed by atoms with E-state index in [2.05, 4.69) is 45.2 Å². The number of cyclic esters (lactones) is 1. The smallest absolute Gasteiger partial charge is 0.410 e. The third kappa shape index (κ3) is 2.87. The summed E-state index contributed by atoms with van der Waals surface area (Å²) in [6.45, 7) is 5.87. The van der Waals surface area contributed by atoms with Crippen molar-refractivity contribution in [2.75, 3.05) is 25.0 Å². The highest BCUT2D eigenvalue weighted by molar-refractivity contribution is 9.10. The molecule has 1 saturated heterocycles. The van der Waals surface area contributed by atoms with Crippen molar-refractivity contribution in [3.8, 4) is 0 Å². The Kier molecular flexibility index (Phi) is 4.19. The van der Waals surface area contributed by atoms with Crippen LogP contribution in [0.2, 0.25) is 0 Å². The number of aromatic nitrogens is 3. The third-order valence-electron chi connectivity index (χ3n) is 3.76. The van der Waals surface area contributed by atoms with Gasteiger partial charge in [-0.3, -0.25) is 4.90 Å². The first-order valence-electron chi connectivity index (χ1n) is 7.24. The van der Waals surface area contributed by atoms with Gasteiger partial charge < -0.3 is 10.1 Å². The van der Waals surface area contributed by atoms with Crippen molar-refractivity contribution in [3.05, 3.63) is 22.9 Å². The molecule has 1 fully saturated rings. The lowest BCUT2D eigenvalue weighted by Gasteiger charge is -2.24. The molecule has 1 N–H and O–H groups in total. The molecule has 1 atom stereocenters. The molecule has 0 aromatic carbocycles. The molecule has 0 unspecified atom stereocenters. The summed E-state index contributed by atoms with van der Waals surface area (Å²) in [5.74, 6) is 1.11. The molecule has 1 aliphatic rings. The second-order valence-electron chi connectivity index (χ2n) is 5.58. The number of amides is 1. The van der Waals surface area contributed by atoms with Crippen LogP contribution in [-0.4, -0.2) is 51.3 Å². The highest BCUT2D eigenvalue weighted by atomic mass is 79.9. The van der Waals surface area contributed by atoms with Crippen molar-refractivity contribution < 1.29 is 9.53 Å². The number of nitrogens with zero attached hydrogens (tertiary/aromatic N) is 4. The molecule has 0 spiro atoms. The minimum absolute atomic E-state index is 0.146. The maximum atomic E-state index is 11.8. The number of nitrogens with one attached hydrogen (secondary N) is 1. The van der Waals surface area contributed by atoms with Gasteiger partial charge in [0.15, 0.2) is 5.65 Å². The number of rotatable bonds is 5. The Morgan fingerprint density at radius 1 is 1.50 bits per heavy atom. The number of carbonyl (C=O) groups excluding carboxylic acids is 1. The Morgan fingerprint density at radius 3 is 3.09 bits per heavy atom. The summed E-state index contributed by atoms with van der Waals surface area (Å²) < 4.78 is 7.64. The monoisotopic (exact) mass is 367 g/mol. The zero-order valence-electron chi connectivity index (χ0n) is 12.5. The fourth-order valence-corrected chi connectivity index (χ4v) is 2.88. The minimum atomic E-state index is -0.235. The van der Waals surface area contributed by atoms with Crippen LogP contribution in [0.3, 0.4) is 0 Å². The van der Waals surface area contributed by atoms with Crippen molar-refractivity contribution in [2.24, 2.45) is 5.92 Å². The van der Waals surface area contributed by atoms with Gasteiger partial charge in [-0.25, -0.2) is 14.3 Å². The van der Waals surface area contributed by atoms with Gasteiger partial charge in [0.2, 0.25) is 0 Å². The minimum Gasteiger partial charge on any atom is -0.447 e. The lowest BCUT2D eigenvalue weighted by molar-refractivity contribution is 0.158. The topological polar surface area (TPSA) is 71.8 Å². The lowest BCUT2D eigenvalue weighted by atomic mass is 10.0. The van der Waals surface area contributed by atoms with E-state index in [1.165, 1.54) is 0 Å². The number of anilines is 1. The Bertz CT molecular complexity index is 687. The molecule has 0 saturated carbocycles. The number of fused-ring (bicyclic) bond motifs is 1. The van der Waals surface area contributed by atoms with E-state index in [4.69, 9.17) is 4.74 Å². The first kappa shape index (κ1) is 15.1. The van der Waals surface area contributed by atoms with Gasteiger partial charge in [-0.05, 0) is 34.0 Å². The van der Waals surface area contributed by atoms with Gasteiger partial charge in [-0.15, -0.1) is 5.10 Å². The van der Waals surface area contributed by atoms with Gasteiger partial charge in [0, 0.05) is 13.1 Å². The molecule has 1 amide bonds. The standard InChI is InChI=1S/C14H18BrN5O2/c1-9(2)10-8-22-14(21)19(10)6-5-16-12-3-4-13-17-7-11(15)20(13)18-12/h3-4,7,9-10H,5-6,8H2,1-2H3,(H,16,18)/t10-/m0/s1. The van der Waals surface area contributed by atoms with Crippen molar-refractivity contribution in [2.45, 2.75) is 19.9 Å². The zero-order valence-corrected chi connectivity index (χ0v) is 14.1. The van der Waals surface area contributed by atoms with Crippen LogP contribution in [0.15, 0.2) is 22.9 Å². The summed E-state index contributed by atoms with van der Waals surface area (Å²) in [5, 5.41) is 7.66. The molecule has 0 aliphatic carbocycles. The SMILES string of the molecule is CC(C)[C@@H]1COC(=O)N1CCNc1ccc2ncc(Br)n2n1. The van der Waals surface area contributed by atoms with Crippen LogP contribution in [-0.2, 0) is 4.74 Å². The first-order valence-corrected chi connectivity index (χ1v) is 8.03. The highest BCUT2D eigenvalue weighted by Gasteiger charge is 2.34. The van der Waals surface area contributed by atoms with Gasteiger partial charge in [-0.2, -0.15) is 0 Å². The van der Waals surface area contributed by atoms with Crippen LogP contribution in [0.25, 0.3) is 5.65 Å². The van der Waals surface area contributed by atoms with E-state index in [0.717, 1.165) is 16.1 Å². The molecule has 0 bridgehead atoms. The van der Waals surface area contributed by atoms with E-state index >= 15 is 0 Å². The van der Waals surface area contributed by atoms with Crippen LogP contribution in [0.1, 0.15) is 13.8 Å². The van der Waals surface area contributed by atoms with Gasteiger partial charge >= 0.3 is 6.09 Å². The predicted octanol–water partition coefficient (Wildman–Crippen LogP) is 2.38. The van der Waals surface area contributed by atoms with Gasteiger partial charge in [0.05, 0.1) is 12.2 Å². The molecule has 3 rings (SSSR count).